The molecule has 0 spiro atoms. The number of phenolic OH excluding ortho intramolecular Hbond substituents is 1. The van der Waals surface area contributed by atoms with Gasteiger partial charge in [-0.05, 0) is 36.8 Å². The van der Waals surface area contributed by atoms with Gasteiger partial charge in [-0.3, -0.25) is 4.79 Å². The largest absolute Gasteiger partial charge is 0.506 e. The van der Waals surface area contributed by atoms with Crippen molar-refractivity contribution in [1.82, 2.24) is 0 Å². The maximum Gasteiger partial charge on any atom is 0.256 e. The van der Waals surface area contributed by atoms with Gasteiger partial charge in [0.15, 0.2) is 9.84 Å². The van der Waals surface area contributed by atoms with Gasteiger partial charge in [0.05, 0.1) is 16.3 Å². The fourth-order valence-electron chi connectivity index (χ4n) is 1.99. The number of rotatable bonds is 4. The SMILES string of the molecule is CCS(=O)(=O)c1ccc(O)c(NC(=O)c2ccccc2C)c1. The number of aryl methyl sites for hydroxylation is 1. The van der Waals surface area contributed by atoms with Gasteiger partial charge in [-0.25, -0.2) is 8.42 Å². The molecule has 0 saturated carbocycles. The van der Waals surface area contributed by atoms with Crippen molar-refractivity contribution in [3.8, 4) is 5.75 Å². The van der Waals surface area contributed by atoms with Crippen LogP contribution in [0.2, 0.25) is 0 Å². The molecule has 2 aromatic carbocycles. The molecule has 0 aliphatic heterocycles. The Morgan fingerprint density at radius 1 is 1.18 bits per heavy atom. The number of nitrogens with one attached hydrogen (secondary N) is 1. The molecule has 0 fully saturated rings. The van der Waals surface area contributed by atoms with Gasteiger partial charge in [0.1, 0.15) is 5.75 Å². The number of aromatic hydroxyl groups is 1. The topological polar surface area (TPSA) is 83.5 Å². The van der Waals surface area contributed by atoms with Crippen molar-refractivity contribution in [2.75, 3.05) is 11.1 Å². The lowest BCUT2D eigenvalue weighted by atomic mass is 10.1. The molecule has 0 unspecified atom stereocenters. The number of carbonyl (C=O) groups excluding carboxylic acids is 1. The third-order valence-corrected chi connectivity index (χ3v) is 5.08. The molecule has 2 rings (SSSR count). The molecule has 22 heavy (non-hydrogen) atoms. The van der Waals surface area contributed by atoms with Gasteiger partial charge < -0.3 is 10.4 Å². The molecule has 5 nitrogen and oxygen atoms in total. The van der Waals surface area contributed by atoms with Crippen LogP contribution in [0.3, 0.4) is 0 Å². The van der Waals surface area contributed by atoms with Crippen molar-refractivity contribution in [3.63, 3.8) is 0 Å². The Balaban J connectivity index is 2.36. The Labute approximate surface area is 129 Å². The monoisotopic (exact) mass is 319 g/mol. The Kier molecular flexibility index (Phi) is 4.51. The molecule has 116 valence electrons. The molecule has 0 aliphatic carbocycles. The second-order valence-corrected chi connectivity index (χ2v) is 7.13. The van der Waals surface area contributed by atoms with Crippen LogP contribution < -0.4 is 5.32 Å². The third-order valence-electron chi connectivity index (χ3n) is 3.35. The highest BCUT2D eigenvalue weighted by Gasteiger charge is 2.16. The minimum atomic E-state index is -3.41. The quantitative estimate of drug-likeness (QED) is 0.849. The predicted octanol–water partition coefficient (Wildman–Crippen LogP) is 2.75. The summed E-state index contributed by atoms with van der Waals surface area (Å²) in [6.07, 6.45) is 0. The van der Waals surface area contributed by atoms with Crippen LogP contribution in [0.1, 0.15) is 22.8 Å². The van der Waals surface area contributed by atoms with Crippen LogP contribution in [0.15, 0.2) is 47.4 Å². The zero-order chi connectivity index (χ0) is 16.3. The Hall–Kier alpha value is -2.34. The fourth-order valence-corrected chi connectivity index (χ4v) is 2.90. The second kappa shape index (κ2) is 6.19. The molecule has 0 heterocycles. The van der Waals surface area contributed by atoms with E-state index in [0.717, 1.165) is 5.56 Å². The van der Waals surface area contributed by atoms with E-state index >= 15 is 0 Å². The van der Waals surface area contributed by atoms with E-state index in [1.165, 1.54) is 25.1 Å². The van der Waals surface area contributed by atoms with Crippen molar-refractivity contribution < 1.29 is 18.3 Å². The van der Waals surface area contributed by atoms with Crippen LogP contribution in [0, 0.1) is 6.92 Å². The minimum Gasteiger partial charge on any atom is -0.506 e. The molecule has 0 saturated heterocycles. The average Bonchev–Trinajstić information content (AvgIpc) is 2.49. The molecule has 6 heteroatoms. The van der Waals surface area contributed by atoms with Gasteiger partial charge in [-0.2, -0.15) is 0 Å². The lowest BCUT2D eigenvalue weighted by Crippen LogP contribution is -2.14. The highest BCUT2D eigenvalue weighted by molar-refractivity contribution is 7.91. The summed E-state index contributed by atoms with van der Waals surface area (Å²) in [6, 6.07) is 10.9. The van der Waals surface area contributed by atoms with Gasteiger partial charge in [-0.15, -0.1) is 0 Å². The van der Waals surface area contributed by atoms with E-state index in [2.05, 4.69) is 5.32 Å². The van der Waals surface area contributed by atoms with E-state index in [1.54, 1.807) is 25.1 Å². The lowest BCUT2D eigenvalue weighted by Gasteiger charge is -2.11. The summed E-state index contributed by atoms with van der Waals surface area (Å²) in [4.78, 5) is 12.3. The van der Waals surface area contributed by atoms with E-state index in [-0.39, 0.29) is 22.1 Å². The van der Waals surface area contributed by atoms with E-state index in [4.69, 9.17) is 0 Å². The molecule has 0 radical (unpaired) electrons. The van der Waals surface area contributed by atoms with Crippen LogP contribution >= 0.6 is 0 Å². The highest BCUT2D eigenvalue weighted by Crippen LogP contribution is 2.27. The maximum absolute atomic E-state index is 12.2. The van der Waals surface area contributed by atoms with Gasteiger partial charge in [0, 0.05) is 5.56 Å². The molecule has 1 amide bonds. The van der Waals surface area contributed by atoms with E-state index in [1.807, 2.05) is 6.07 Å². The first-order valence-electron chi connectivity index (χ1n) is 6.78. The number of sulfone groups is 1. The normalized spacial score (nSPS) is 11.2. The number of hydrogen-bond acceptors (Lipinski definition) is 4. The van der Waals surface area contributed by atoms with Gasteiger partial charge in [0.2, 0.25) is 0 Å². The van der Waals surface area contributed by atoms with Crippen LogP contribution in [-0.4, -0.2) is 25.2 Å². The summed E-state index contributed by atoms with van der Waals surface area (Å²) >= 11 is 0. The molecule has 2 N–H and O–H groups in total. The molecular weight excluding hydrogens is 302 g/mol. The first-order chi connectivity index (χ1) is 10.3. The van der Waals surface area contributed by atoms with Gasteiger partial charge in [-0.1, -0.05) is 25.1 Å². The molecule has 0 atom stereocenters. The first kappa shape index (κ1) is 16.0. The lowest BCUT2D eigenvalue weighted by molar-refractivity contribution is 0.102. The Bertz CT molecular complexity index is 813. The predicted molar refractivity (Wildman–Crippen MR) is 85.0 cm³/mol. The van der Waals surface area contributed by atoms with Crippen LogP contribution in [-0.2, 0) is 9.84 Å². The molecule has 0 bridgehead atoms. The Morgan fingerprint density at radius 3 is 2.50 bits per heavy atom. The van der Waals surface area contributed by atoms with Gasteiger partial charge in [0.25, 0.3) is 5.91 Å². The standard InChI is InChI=1S/C16H17NO4S/c1-3-22(20,21)12-8-9-15(18)14(10-12)17-16(19)13-7-5-4-6-11(13)2/h4-10,18H,3H2,1-2H3,(H,17,19). The van der Waals surface area contributed by atoms with E-state index < -0.39 is 15.7 Å². The number of carbonyl (C=O) groups is 1. The van der Waals surface area contributed by atoms with E-state index in [0.29, 0.717) is 5.56 Å². The van der Waals surface area contributed by atoms with Crippen molar-refractivity contribution in [2.45, 2.75) is 18.7 Å². The second-order valence-electron chi connectivity index (χ2n) is 4.85. The van der Waals surface area contributed by atoms with Crippen molar-refractivity contribution in [3.05, 3.63) is 53.6 Å². The summed E-state index contributed by atoms with van der Waals surface area (Å²) in [5, 5.41) is 12.4. The Morgan fingerprint density at radius 2 is 1.86 bits per heavy atom. The molecular formula is C16H17NO4S. The van der Waals surface area contributed by atoms with Gasteiger partial charge >= 0.3 is 0 Å². The summed E-state index contributed by atoms with van der Waals surface area (Å²) in [5.74, 6) is -0.639. The van der Waals surface area contributed by atoms with E-state index in [9.17, 15) is 18.3 Å². The number of amides is 1. The van der Waals surface area contributed by atoms with Crippen molar-refractivity contribution in [1.29, 1.82) is 0 Å². The zero-order valence-electron chi connectivity index (χ0n) is 12.3. The van der Waals surface area contributed by atoms with Crippen LogP contribution in [0.5, 0.6) is 5.75 Å². The zero-order valence-corrected chi connectivity index (χ0v) is 13.1. The average molecular weight is 319 g/mol. The summed E-state index contributed by atoms with van der Waals surface area (Å²) in [5.41, 5.74) is 1.32. The smallest absolute Gasteiger partial charge is 0.256 e. The number of hydrogen-bond donors (Lipinski definition) is 2. The molecule has 2 aromatic rings. The maximum atomic E-state index is 12.2. The fraction of sp³-hybridized carbons (Fsp3) is 0.188. The summed E-state index contributed by atoms with van der Waals surface area (Å²) in [7, 11) is -3.41. The first-order valence-corrected chi connectivity index (χ1v) is 8.43. The summed E-state index contributed by atoms with van der Waals surface area (Å²) in [6.45, 7) is 3.33. The van der Waals surface area contributed by atoms with Crippen molar-refractivity contribution >= 4 is 21.4 Å². The van der Waals surface area contributed by atoms with Crippen molar-refractivity contribution in [2.24, 2.45) is 0 Å². The highest BCUT2D eigenvalue weighted by atomic mass is 32.2. The number of anilines is 1. The third kappa shape index (κ3) is 3.28. The van der Waals surface area contributed by atoms with Crippen LogP contribution in [0.4, 0.5) is 5.69 Å². The molecule has 0 aromatic heterocycles. The number of phenols is 1. The summed E-state index contributed by atoms with van der Waals surface area (Å²) < 4.78 is 23.8. The minimum absolute atomic E-state index is 0.0526. The van der Waals surface area contributed by atoms with Crippen LogP contribution in [0.25, 0.3) is 0 Å². The number of benzene rings is 2. The molecule has 0 aliphatic rings.